The van der Waals surface area contributed by atoms with Crippen molar-refractivity contribution >= 4 is 5.97 Å². The van der Waals surface area contributed by atoms with Crippen molar-refractivity contribution in [3.8, 4) is 0 Å². The third-order valence-electron chi connectivity index (χ3n) is 6.42. The summed E-state index contributed by atoms with van der Waals surface area (Å²) in [4.78, 5) is 24.3. The molecule has 0 radical (unpaired) electrons. The maximum atomic E-state index is 12.6. The van der Waals surface area contributed by atoms with Crippen LogP contribution in [0.2, 0.25) is 0 Å². The number of ether oxygens (including phenoxy) is 2. The summed E-state index contributed by atoms with van der Waals surface area (Å²) < 4.78 is 11.8. The van der Waals surface area contributed by atoms with Crippen LogP contribution < -0.4 is 0 Å². The van der Waals surface area contributed by atoms with Crippen LogP contribution in [0.5, 0.6) is 0 Å². The van der Waals surface area contributed by atoms with Gasteiger partial charge in [0.2, 0.25) is 12.1 Å². The van der Waals surface area contributed by atoms with E-state index in [0.717, 1.165) is 25.7 Å². The van der Waals surface area contributed by atoms with E-state index in [2.05, 4.69) is 20.8 Å². The summed E-state index contributed by atoms with van der Waals surface area (Å²) in [5, 5.41) is 0. The van der Waals surface area contributed by atoms with E-state index < -0.39 is 17.7 Å². The van der Waals surface area contributed by atoms with Crippen LogP contribution in [-0.4, -0.2) is 23.6 Å². The molecule has 4 aliphatic heterocycles. The normalized spacial score (nSPS) is 53.9. The molecule has 5 heteroatoms. The standard InChI is InChI=1S/C17H26O5/c1-9(2)13-12-6-5-10(3)11-7-8-16(4)20-15(19-14(13)18)17(11,12)22-21-16/h9-13,15H,5-8H2,1-4H3/t10-,11+,12+,13-,15-,16-,17-/m1/s1. The maximum Gasteiger partial charge on any atom is 0.312 e. The quantitative estimate of drug-likeness (QED) is 0.550. The largest absolute Gasteiger partial charge is 0.432 e. The molecule has 2 bridgehead atoms. The minimum Gasteiger partial charge on any atom is -0.432 e. The first-order valence-electron chi connectivity index (χ1n) is 8.62. The van der Waals surface area contributed by atoms with Gasteiger partial charge in [-0.2, -0.15) is 0 Å². The van der Waals surface area contributed by atoms with Crippen molar-refractivity contribution in [2.45, 2.75) is 71.1 Å². The van der Waals surface area contributed by atoms with Gasteiger partial charge in [-0.25, -0.2) is 9.78 Å². The van der Waals surface area contributed by atoms with E-state index in [1.165, 1.54) is 0 Å². The number of esters is 1. The Kier molecular flexibility index (Phi) is 3.17. The van der Waals surface area contributed by atoms with E-state index >= 15 is 0 Å². The molecule has 4 saturated heterocycles. The molecule has 5 rings (SSSR count). The average molecular weight is 310 g/mol. The van der Waals surface area contributed by atoms with E-state index in [-0.39, 0.29) is 23.7 Å². The molecule has 0 unspecified atom stereocenters. The van der Waals surface area contributed by atoms with Crippen LogP contribution in [-0.2, 0) is 24.0 Å². The average Bonchev–Trinajstić information content (AvgIpc) is 2.67. The Morgan fingerprint density at radius 1 is 1.14 bits per heavy atom. The van der Waals surface area contributed by atoms with Crippen LogP contribution >= 0.6 is 0 Å². The Balaban J connectivity index is 1.83. The first kappa shape index (κ1) is 14.9. The first-order valence-corrected chi connectivity index (χ1v) is 8.62. The Bertz CT molecular complexity index is 491. The summed E-state index contributed by atoms with van der Waals surface area (Å²) >= 11 is 0. The van der Waals surface area contributed by atoms with Crippen LogP contribution in [0.3, 0.4) is 0 Å². The molecule has 4 heterocycles. The Morgan fingerprint density at radius 2 is 1.91 bits per heavy atom. The molecule has 5 aliphatic rings. The van der Waals surface area contributed by atoms with Gasteiger partial charge in [-0.15, -0.1) is 0 Å². The van der Waals surface area contributed by atoms with Crippen molar-refractivity contribution in [3.63, 3.8) is 0 Å². The molecule has 124 valence electrons. The van der Waals surface area contributed by atoms with Gasteiger partial charge in [0, 0.05) is 18.3 Å². The van der Waals surface area contributed by atoms with Gasteiger partial charge in [0.05, 0.1) is 5.92 Å². The Hall–Kier alpha value is -0.650. The lowest BCUT2D eigenvalue weighted by Crippen LogP contribution is -2.70. The van der Waals surface area contributed by atoms with Gasteiger partial charge in [-0.3, -0.25) is 4.79 Å². The lowest BCUT2D eigenvalue weighted by atomic mass is 9.56. The summed E-state index contributed by atoms with van der Waals surface area (Å²) in [5.41, 5.74) is -0.628. The van der Waals surface area contributed by atoms with Gasteiger partial charge in [0.1, 0.15) is 0 Å². The molecule has 0 aromatic heterocycles. The minimum absolute atomic E-state index is 0.114. The second-order valence-corrected chi connectivity index (χ2v) is 8.12. The first-order chi connectivity index (χ1) is 10.4. The Labute approximate surface area is 131 Å². The number of hydrogen-bond donors (Lipinski definition) is 0. The monoisotopic (exact) mass is 310 g/mol. The zero-order chi connectivity index (χ0) is 15.7. The highest BCUT2D eigenvalue weighted by molar-refractivity contribution is 5.74. The molecule has 22 heavy (non-hydrogen) atoms. The smallest absolute Gasteiger partial charge is 0.312 e. The van der Waals surface area contributed by atoms with Crippen molar-refractivity contribution < 1.29 is 24.0 Å². The van der Waals surface area contributed by atoms with E-state index in [1.807, 2.05) is 6.92 Å². The van der Waals surface area contributed by atoms with E-state index in [4.69, 9.17) is 19.2 Å². The molecule has 0 amide bonds. The van der Waals surface area contributed by atoms with Gasteiger partial charge < -0.3 is 9.47 Å². The zero-order valence-electron chi connectivity index (χ0n) is 13.8. The molecule has 0 N–H and O–H groups in total. The molecule has 0 aromatic carbocycles. The molecule has 7 atom stereocenters. The minimum atomic E-state index is -0.803. The topological polar surface area (TPSA) is 54.0 Å². The number of fused-ring (bicyclic) bond motifs is 2. The summed E-state index contributed by atoms with van der Waals surface area (Å²) in [6.07, 6.45) is 3.23. The molecular weight excluding hydrogens is 284 g/mol. The van der Waals surface area contributed by atoms with Gasteiger partial charge in [-0.1, -0.05) is 20.8 Å². The van der Waals surface area contributed by atoms with E-state index in [1.54, 1.807) is 0 Å². The molecular formula is C17H26O5. The van der Waals surface area contributed by atoms with Crippen LogP contribution in [0.1, 0.15) is 53.4 Å². The molecule has 0 aromatic rings. The number of carbonyl (C=O) groups is 1. The highest BCUT2D eigenvalue weighted by Gasteiger charge is 2.70. The third-order valence-corrected chi connectivity index (χ3v) is 6.42. The Morgan fingerprint density at radius 3 is 2.64 bits per heavy atom. The highest BCUT2D eigenvalue weighted by atomic mass is 17.3. The summed E-state index contributed by atoms with van der Waals surface area (Å²) in [6.45, 7) is 8.32. The van der Waals surface area contributed by atoms with E-state index in [9.17, 15) is 4.79 Å². The van der Waals surface area contributed by atoms with Gasteiger partial charge in [0.15, 0.2) is 5.60 Å². The molecule has 5 nitrogen and oxygen atoms in total. The highest BCUT2D eigenvalue weighted by Crippen LogP contribution is 2.60. The second kappa shape index (κ2) is 4.68. The maximum absolute atomic E-state index is 12.6. The third kappa shape index (κ3) is 1.79. The predicted octanol–water partition coefficient (Wildman–Crippen LogP) is 3.03. The molecule has 1 saturated carbocycles. The van der Waals surface area contributed by atoms with Crippen molar-refractivity contribution in [2.24, 2.45) is 29.6 Å². The number of rotatable bonds is 1. The lowest BCUT2D eigenvalue weighted by molar-refractivity contribution is -0.559. The van der Waals surface area contributed by atoms with Crippen LogP contribution in [0.4, 0.5) is 0 Å². The number of hydrogen-bond acceptors (Lipinski definition) is 5. The van der Waals surface area contributed by atoms with Crippen LogP contribution in [0, 0.1) is 29.6 Å². The van der Waals surface area contributed by atoms with E-state index in [0.29, 0.717) is 11.8 Å². The fraction of sp³-hybridized carbons (Fsp3) is 0.941. The van der Waals surface area contributed by atoms with Gasteiger partial charge in [-0.05, 0) is 38.0 Å². The van der Waals surface area contributed by atoms with Crippen LogP contribution in [0.25, 0.3) is 0 Å². The summed E-state index contributed by atoms with van der Waals surface area (Å²) in [6, 6.07) is 0. The van der Waals surface area contributed by atoms with Gasteiger partial charge >= 0.3 is 5.97 Å². The second-order valence-electron chi connectivity index (χ2n) is 8.12. The summed E-state index contributed by atoms with van der Waals surface area (Å²) in [5.74, 6) is 0.0998. The SMILES string of the molecule is CC(C)[C@H]1C(=O)O[C@@H]2O[C@@]3(C)CC[C@H]4[C@H](C)CC[C@@H]1[C@@]24OO3. The summed E-state index contributed by atoms with van der Waals surface area (Å²) in [7, 11) is 0. The zero-order valence-corrected chi connectivity index (χ0v) is 13.8. The van der Waals surface area contributed by atoms with Crippen molar-refractivity contribution in [3.05, 3.63) is 0 Å². The molecule has 1 spiro atoms. The van der Waals surface area contributed by atoms with Crippen molar-refractivity contribution in [1.82, 2.24) is 0 Å². The predicted molar refractivity (Wildman–Crippen MR) is 77.2 cm³/mol. The number of carbonyl (C=O) groups excluding carboxylic acids is 1. The lowest BCUT2D eigenvalue weighted by Gasteiger charge is -2.58. The van der Waals surface area contributed by atoms with Crippen molar-refractivity contribution in [1.29, 1.82) is 0 Å². The van der Waals surface area contributed by atoms with Crippen molar-refractivity contribution in [2.75, 3.05) is 0 Å². The fourth-order valence-electron chi connectivity index (χ4n) is 5.29. The van der Waals surface area contributed by atoms with Gasteiger partial charge in [0.25, 0.3) is 0 Å². The fourth-order valence-corrected chi connectivity index (χ4v) is 5.29. The molecule has 5 fully saturated rings. The van der Waals surface area contributed by atoms with Crippen LogP contribution in [0.15, 0.2) is 0 Å². The molecule has 1 aliphatic carbocycles.